The van der Waals surface area contributed by atoms with E-state index in [-0.39, 0.29) is 11.7 Å². The molecule has 0 spiro atoms. The van der Waals surface area contributed by atoms with Crippen molar-refractivity contribution in [2.45, 2.75) is 6.92 Å². The summed E-state index contributed by atoms with van der Waals surface area (Å²) in [5.74, 6) is 0.416. The van der Waals surface area contributed by atoms with E-state index >= 15 is 0 Å². The van der Waals surface area contributed by atoms with Gasteiger partial charge in [0.05, 0.1) is 17.1 Å². The summed E-state index contributed by atoms with van der Waals surface area (Å²) in [5, 5.41) is 12.5. The molecule has 5 heteroatoms. The first-order chi connectivity index (χ1) is 9.52. The number of aromatic hydroxyl groups is 1. The van der Waals surface area contributed by atoms with Crippen LogP contribution < -0.4 is 10.1 Å². The predicted molar refractivity (Wildman–Crippen MR) is 81.5 cm³/mol. The van der Waals surface area contributed by atoms with Crippen LogP contribution in [-0.4, -0.2) is 18.1 Å². The Kier molecular flexibility index (Phi) is 4.29. The molecule has 0 fully saturated rings. The number of para-hydroxylation sites is 1. The number of benzene rings is 2. The highest BCUT2D eigenvalue weighted by atomic mass is 79.9. The van der Waals surface area contributed by atoms with Crippen LogP contribution in [0.25, 0.3) is 0 Å². The molecule has 0 bridgehead atoms. The lowest BCUT2D eigenvalue weighted by Gasteiger charge is -2.11. The van der Waals surface area contributed by atoms with E-state index < -0.39 is 0 Å². The minimum absolute atomic E-state index is 0.167. The van der Waals surface area contributed by atoms with Crippen LogP contribution in [0.5, 0.6) is 11.5 Å². The van der Waals surface area contributed by atoms with Crippen LogP contribution in [0.1, 0.15) is 15.9 Å². The Morgan fingerprint density at radius 2 is 2.00 bits per heavy atom. The summed E-state index contributed by atoms with van der Waals surface area (Å²) in [5.41, 5.74) is 1.73. The number of carbonyl (C=O) groups excluding carboxylic acids is 1. The highest BCUT2D eigenvalue weighted by Gasteiger charge is 2.13. The topological polar surface area (TPSA) is 58.6 Å². The number of anilines is 1. The second kappa shape index (κ2) is 5.96. The first-order valence-corrected chi connectivity index (χ1v) is 6.75. The summed E-state index contributed by atoms with van der Waals surface area (Å²) in [4.78, 5) is 12.2. The van der Waals surface area contributed by atoms with Crippen LogP contribution in [0.4, 0.5) is 5.69 Å². The Bertz CT molecular complexity index is 632. The Balaban J connectivity index is 2.28. The standard InChI is InChI=1S/C15H14BrNO3/c1-9-7-10(8-12(16)14(9)18)17-15(19)11-5-3-4-6-13(11)20-2/h3-8,18H,1-2H3,(H,17,19). The molecule has 104 valence electrons. The van der Waals surface area contributed by atoms with Crippen molar-refractivity contribution in [1.82, 2.24) is 0 Å². The number of rotatable bonds is 3. The van der Waals surface area contributed by atoms with Gasteiger partial charge in [0.25, 0.3) is 5.91 Å². The number of halogens is 1. The van der Waals surface area contributed by atoms with E-state index in [1.807, 2.05) is 0 Å². The van der Waals surface area contributed by atoms with Crippen molar-refractivity contribution in [1.29, 1.82) is 0 Å². The van der Waals surface area contributed by atoms with Gasteiger partial charge in [0.1, 0.15) is 11.5 Å². The maximum absolute atomic E-state index is 12.2. The summed E-state index contributed by atoms with van der Waals surface area (Å²) in [6, 6.07) is 10.3. The van der Waals surface area contributed by atoms with Crippen molar-refractivity contribution in [2.75, 3.05) is 12.4 Å². The largest absolute Gasteiger partial charge is 0.506 e. The second-order valence-corrected chi connectivity index (χ2v) is 5.13. The molecule has 0 radical (unpaired) electrons. The van der Waals surface area contributed by atoms with Crippen molar-refractivity contribution in [2.24, 2.45) is 0 Å². The number of ether oxygens (including phenoxy) is 1. The molecule has 0 unspecified atom stereocenters. The third kappa shape index (κ3) is 2.93. The average molecular weight is 336 g/mol. The van der Waals surface area contributed by atoms with E-state index in [0.717, 1.165) is 0 Å². The SMILES string of the molecule is COc1ccccc1C(=O)Nc1cc(C)c(O)c(Br)c1. The van der Waals surface area contributed by atoms with Gasteiger partial charge in [0.15, 0.2) is 0 Å². The Hall–Kier alpha value is -2.01. The van der Waals surface area contributed by atoms with Crippen molar-refractivity contribution in [3.8, 4) is 11.5 Å². The number of nitrogens with one attached hydrogen (secondary N) is 1. The number of methoxy groups -OCH3 is 1. The molecule has 0 saturated heterocycles. The molecule has 4 nitrogen and oxygen atoms in total. The Morgan fingerprint density at radius 3 is 2.65 bits per heavy atom. The molecule has 0 aromatic heterocycles. The van der Waals surface area contributed by atoms with Gasteiger partial charge in [-0.1, -0.05) is 12.1 Å². The first-order valence-electron chi connectivity index (χ1n) is 5.96. The van der Waals surface area contributed by atoms with Gasteiger partial charge in [-0.3, -0.25) is 4.79 Å². The van der Waals surface area contributed by atoms with E-state index in [1.165, 1.54) is 7.11 Å². The monoisotopic (exact) mass is 335 g/mol. The fourth-order valence-corrected chi connectivity index (χ4v) is 2.40. The molecule has 0 saturated carbocycles. The zero-order valence-corrected chi connectivity index (χ0v) is 12.7. The number of phenols is 1. The molecular formula is C15H14BrNO3. The molecule has 2 rings (SSSR count). The van der Waals surface area contributed by atoms with Crippen LogP contribution in [-0.2, 0) is 0 Å². The van der Waals surface area contributed by atoms with Crippen molar-refractivity contribution in [3.63, 3.8) is 0 Å². The van der Waals surface area contributed by atoms with Gasteiger partial charge in [0.2, 0.25) is 0 Å². The number of hydrogen-bond donors (Lipinski definition) is 2. The van der Waals surface area contributed by atoms with Crippen molar-refractivity contribution in [3.05, 3.63) is 52.0 Å². The third-order valence-electron chi connectivity index (χ3n) is 2.86. The van der Waals surface area contributed by atoms with Crippen LogP contribution in [0, 0.1) is 6.92 Å². The molecule has 0 atom stereocenters. The highest BCUT2D eigenvalue weighted by molar-refractivity contribution is 9.10. The maximum Gasteiger partial charge on any atom is 0.259 e. The number of amides is 1. The average Bonchev–Trinajstić information content (AvgIpc) is 2.44. The molecule has 2 aromatic rings. The lowest BCUT2D eigenvalue weighted by atomic mass is 10.1. The quantitative estimate of drug-likeness (QED) is 0.840. The Morgan fingerprint density at radius 1 is 1.30 bits per heavy atom. The number of carbonyl (C=O) groups is 1. The van der Waals surface area contributed by atoms with Gasteiger partial charge < -0.3 is 15.2 Å². The smallest absolute Gasteiger partial charge is 0.259 e. The van der Waals surface area contributed by atoms with E-state index in [9.17, 15) is 9.90 Å². The van der Waals surface area contributed by atoms with Gasteiger partial charge in [-0.25, -0.2) is 0 Å². The summed E-state index contributed by atoms with van der Waals surface area (Å²) in [6.07, 6.45) is 0. The van der Waals surface area contributed by atoms with Gasteiger partial charge in [-0.05, 0) is 52.7 Å². The minimum Gasteiger partial charge on any atom is -0.506 e. The first kappa shape index (κ1) is 14.4. The molecule has 2 aromatic carbocycles. The summed E-state index contributed by atoms with van der Waals surface area (Å²) in [7, 11) is 1.52. The summed E-state index contributed by atoms with van der Waals surface area (Å²) < 4.78 is 5.70. The summed E-state index contributed by atoms with van der Waals surface area (Å²) in [6.45, 7) is 1.76. The van der Waals surface area contributed by atoms with Gasteiger partial charge in [0, 0.05) is 5.69 Å². The van der Waals surface area contributed by atoms with E-state index in [1.54, 1.807) is 43.3 Å². The van der Waals surface area contributed by atoms with E-state index in [4.69, 9.17) is 4.74 Å². The van der Waals surface area contributed by atoms with E-state index in [2.05, 4.69) is 21.2 Å². The van der Waals surface area contributed by atoms with Crippen LogP contribution in [0.2, 0.25) is 0 Å². The van der Waals surface area contributed by atoms with Crippen LogP contribution >= 0.6 is 15.9 Å². The molecule has 0 heterocycles. The van der Waals surface area contributed by atoms with Gasteiger partial charge in [-0.15, -0.1) is 0 Å². The molecule has 0 aliphatic heterocycles. The number of hydrogen-bond acceptors (Lipinski definition) is 3. The maximum atomic E-state index is 12.2. The minimum atomic E-state index is -0.264. The fraction of sp³-hybridized carbons (Fsp3) is 0.133. The van der Waals surface area contributed by atoms with Crippen molar-refractivity contribution < 1.29 is 14.6 Å². The normalized spacial score (nSPS) is 10.2. The van der Waals surface area contributed by atoms with Crippen LogP contribution in [0.3, 0.4) is 0 Å². The highest BCUT2D eigenvalue weighted by Crippen LogP contribution is 2.31. The molecular weight excluding hydrogens is 322 g/mol. The van der Waals surface area contributed by atoms with Crippen molar-refractivity contribution >= 4 is 27.5 Å². The van der Waals surface area contributed by atoms with Crippen LogP contribution in [0.15, 0.2) is 40.9 Å². The fourth-order valence-electron chi connectivity index (χ4n) is 1.84. The number of aryl methyl sites for hydroxylation is 1. The van der Waals surface area contributed by atoms with Gasteiger partial charge in [-0.2, -0.15) is 0 Å². The van der Waals surface area contributed by atoms with E-state index in [0.29, 0.717) is 27.0 Å². The molecule has 20 heavy (non-hydrogen) atoms. The predicted octanol–water partition coefficient (Wildman–Crippen LogP) is 3.72. The third-order valence-corrected chi connectivity index (χ3v) is 3.47. The zero-order valence-electron chi connectivity index (χ0n) is 11.1. The molecule has 0 aliphatic carbocycles. The Labute approximate surface area is 125 Å². The van der Waals surface area contributed by atoms with Gasteiger partial charge >= 0.3 is 0 Å². The molecule has 0 aliphatic rings. The lowest BCUT2D eigenvalue weighted by molar-refractivity contribution is 0.102. The lowest BCUT2D eigenvalue weighted by Crippen LogP contribution is -2.13. The second-order valence-electron chi connectivity index (χ2n) is 4.28. The zero-order chi connectivity index (χ0) is 14.7. The molecule has 2 N–H and O–H groups in total. The molecule has 1 amide bonds. The summed E-state index contributed by atoms with van der Waals surface area (Å²) >= 11 is 3.25. The number of phenolic OH excluding ortho intramolecular Hbond substituents is 1.